The summed E-state index contributed by atoms with van der Waals surface area (Å²) in [7, 11) is 0. The normalized spacial score (nSPS) is 11.9. The van der Waals surface area contributed by atoms with Gasteiger partial charge in [0.05, 0.1) is 5.39 Å². The molecule has 0 aliphatic heterocycles. The Morgan fingerprint density at radius 2 is 1.86 bits per heavy atom. The summed E-state index contributed by atoms with van der Waals surface area (Å²) in [6.07, 6.45) is 1.99. The van der Waals surface area contributed by atoms with Crippen molar-refractivity contribution in [3.8, 4) is 11.1 Å². The number of ketones is 1. The lowest BCUT2D eigenvalue weighted by atomic mass is 9.86. The molecule has 0 atom stereocenters. The first-order valence-corrected chi connectivity index (χ1v) is 10.7. The van der Waals surface area contributed by atoms with E-state index in [1.54, 1.807) is 11.5 Å². The van der Waals surface area contributed by atoms with Crippen LogP contribution in [0.4, 0.5) is 0 Å². The molecule has 0 fully saturated rings. The average Bonchev–Trinajstić information content (AvgIpc) is 3.05. The Labute approximate surface area is 170 Å². The minimum atomic E-state index is -0.0363. The summed E-state index contributed by atoms with van der Waals surface area (Å²) >= 11 is 1.51. The highest BCUT2D eigenvalue weighted by Gasteiger charge is 2.18. The molecule has 0 unspecified atom stereocenters. The van der Waals surface area contributed by atoms with E-state index in [2.05, 4.69) is 52.0 Å². The number of rotatable bonds is 6. The van der Waals surface area contributed by atoms with Crippen molar-refractivity contribution in [3.05, 3.63) is 51.4 Å². The van der Waals surface area contributed by atoms with E-state index in [0.29, 0.717) is 18.4 Å². The second kappa shape index (κ2) is 8.00. The maximum atomic E-state index is 13.3. The topological polar surface area (TPSA) is 52.0 Å². The van der Waals surface area contributed by atoms with Gasteiger partial charge in [0, 0.05) is 30.3 Å². The van der Waals surface area contributed by atoms with Crippen molar-refractivity contribution < 1.29 is 4.79 Å². The Kier molecular flexibility index (Phi) is 5.84. The molecule has 148 valence electrons. The smallest absolute Gasteiger partial charge is 0.262 e. The summed E-state index contributed by atoms with van der Waals surface area (Å²) < 4.78 is 1.70. The van der Waals surface area contributed by atoms with Crippen molar-refractivity contribution in [2.45, 2.75) is 65.8 Å². The molecule has 3 rings (SSSR count). The molecular formula is C23H28N2O2S. The van der Waals surface area contributed by atoms with E-state index >= 15 is 0 Å². The van der Waals surface area contributed by atoms with Crippen LogP contribution in [-0.4, -0.2) is 15.3 Å². The summed E-state index contributed by atoms with van der Waals surface area (Å²) in [4.78, 5) is 30.4. The predicted octanol–water partition coefficient (Wildman–Crippen LogP) is 5.35. The van der Waals surface area contributed by atoms with Crippen molar-refractivity contribution in [2.75, 3.05) is 0 Å². The summed E-state index contributed by atoms with van der Waals surface area (Å²) in [5, 5.41) is 2.69. The monoisotopic (exact) mass is 396 g/mol. The molecule has 0 aliphatic rings. The molecule has 2 aromatic heterocycles. The molecule has 0 radical (unpaired) electrons. The Morgan fingerprint density at radius 1 is 1.18 bits per heavy atom. The molecule has 0 saturated carbocycles. The van der Waals surface area contributed by atoms with Gasteiger partial charge in [-0.3, -0.25) is 14.2 Å². The Hall–Kier alpha value is -2.27. The van der Waals surface area contributed by atoms with Crippen LogP contribution >= 0.6 is 11.3 Å². The zero-order chi connectivity index (χ0) is 20.5. The van der Waals surface area contributed by atoms with Gasteiger partial charge in [0.1, 0.15) is 16.4 Å². The number of fused-ring (bicyclic) bond motifs is 1. The van der Waals surface area contributed by atoms with Gasteiger partial charge in [-0.1, -0.05) is 52.0 Å². The van der Waals surface area contributed by atoms with Crippen LogP contribution in [0.5, 0.6) is 0 Å². The lowest BCUT2D eigenvalue weighted by Crippen LogP contribution is -2.26. The highest BCUT2D eigenvalue weighted by atomic mass is 32.1. The van der Waals surface area contributed by atoms with Crippen LogP contribution in [0.3, 0.4) is 0 Å². The van der Waals surface area contributed by atoms with E-state index in [9.17, 15) is 9.59 Å². The fourth-order valence-corrected chi connectivity index (χ4v) is 4.30. The maximum absolute atomic E-state index is 13.3. The molecule has 4 nitrogen and oxygen atoms in total. The molecular weight excluding hydrogens is 368 g/mol. The molecule has 3 aromatic rings. The summed E-state index contributed by atoms with van der Waals surface area (Å²) in [6, 6.07) is 8.43. The summed E-state index contributed by atoms with van der Waals surface area (Å²) in [5.74, 6) is 0.857. The van der Waals surface area contributed by atoms with Crippen LogP contribution in [0.15, 0.2) is 34.4 Å². The Morgan fingerprint density at radius 3 is 2.43 bits per heavy atom. The van der Waals surface area contributed by atoms with E-state index in [-0.39, 0.29) is 16.8 Å². The number of nitrogens with zero attached hydrogens (tertiary/aromatic N) is 2. The average molecular weight is 397 g/mol. The van der Waals surface area contributed by atoms with Crippen molar-refractivity contribution in [1.29, 1.82) is 0 Å². The van der Waals surface area contributed by atoms with Crippen molar-refractivity contribution >= 4 is 27.3 Å². The van der Waals surface area contributed by atoms with Gasteiger partial charge >= 0.3 is 0 Å². The molecule has 1 aromatic carbocycles. The van der Waals surface area contributed by atoms with Gasteiger partial charge in [-0.15, -0.1) is 11.3 Å². The number of benzene rings is 1. The minimum Gasteiger partial charge on any atom is -0.300 e. The first-order valence-electron chi connectivity index (χ1n) is 9.83. The minimum absolute atomic E-state index is 0.0363. The Balaban J connectivity index is 2.13. The van der Waals surface area contributed by atoms with Crippen LogP contribution in [0.25, 0.3) is 21.3 Å². The van der Waals surface area contributed by atoms with Gasteiger partial charge in [-0.25, -0.2) is 4.98 Å². The van der Waals surface area contributed by atoms with E-state index in [0.717, 1.165) is 34.6 Å². The van der Waals surface area contributed by atoms with Crippen LogP contribution in [-0.2, 0) is 23.2 Å². The molecule has 0 bridgehead atoms. The lowest BCUT2D eigenvalue weighted by molar-refractivity contribution is -0.117. The fourth-order valence-electron chi connectivity index (χ4n) is 3.34. The van der Waals surface area contributed by atoms with Gasteiger partial charge < -0.3 is 0 Å². The first-order chi connectivity index (χ1) is 13.2. The van der Waals surface area contributed by atoms with Crippen LogP contribution in [0.2, 0.25) is 0 Å². The molecule has 5 heteroatoms. The molecule has 0 amide bonds. The number of aryl methyl sites for hydroxylation is 1. The van der Waals surface area contributed by atoms with Gasteiger partial charge in [-0.05, 0) is 29.9 Å². The SMILES string of the molecule is CCCc1nc2scc(-c3ccc(C(C)(C)C)cc3)c2c(=O)n1CCC(C)=O. The molecule has 0 saturated heterocycles. The van der Waals surface area contributed by atoms with Crippen LogP contribution < -0.4 is 5.56 Å². The zero-order valence-corrected chi connectivity index (χ0v) is 18.2. The number of thiophene rings is 1. The Bertz CT molecular complexity index is 1050. The fraction of sp³-hybridized carbons (Fsp3) is 0.435. The first kappa shape index (κ1) is 20.5. The zero-order valence-electron chi connectivity index (χ0n) is 17.3. The second-order valence-electron chi connectivity index (χ2n) is 8.34. The van der Waals surface area contributed by atoms with Gasteiger partial charge in [0.15, 0.2) is 0 Å². The molecule has 0 aliphatic carbocycles. The van der Waals surface area contributed by atoms with E-state index < -0.39 is 0 Å². The number of Topliss-reactive ketones (excluding diaryl/α,β-unsaturated/α-hetero) is 1. The van der Waals surface area contributed by atoms with Gasteiger partial charge in [-0.2, -0.15) is 0 Å². The molecule has 0 N–H and O–H groups in total. The lowest BCUT2D eigenvalue weighted by Gasteiger charge is -2.19. The number of hydrogen-bond acceptors (Lipinski definition) is 4. The number of aromatic nitrogens is 2. The van der Waals surface area contributed by atoms with Crippen LogP contribution in [0.1, 0.15) is 58.8 Å². The van der Waals surface area contributed by atoms with Gasteiger partial charge in [0.25, 0.3) is 5.56 Å². The van der Waals surface area contributed by atoms with Crippen molar-refractivity contribution in [2.24, 2.45) is 0 Å². The molecule has 28 heavy (non-hydrogen) atoms. The molecule has 2 heterocycles. The second-order valence-corrected chi connectivity index (χ2v) is 9.20. The third-order valence-electron chi connectivity index (χ3n) is 5.00. The van der Waals surface area contributed by atoms with Gasteiger partial charge in [0.2, 0.25) is 0 Å². The maximum Gasteiger partial charge on any atom is 0.262 e. The van der Waals surface area contributed by atoms with Crippen LogP contribution in [0, 0.1) is 0 Å². The number of hydrogen-bond donors (Lipinski definition) is 0. The quantitative estimate of drug-likeness (QED) is 0.564. The summed E-state index contributed by atoms with van der Waals surface area (Å²) in [6.45, 7) is 10.6. The van der Waals surface area contributed by atoms with E-state index in [1.165, 1.54) is 16.9 Å². The predicted molar refractivity (Wildman–Crippen MR) is 117 cm³/mol. The highest BCUT2D eigenvalue weighted by molar-refractivity contribution is 7.17. The largest absolute Gasteiger partial charge is 0.300 e. The van der Waals surface area contributed by atoms with E-state index in [1.807, 2.05) is 5.38 Å². The third-order valence-corrected chi connectivity index (χ3v) is 5.87. The standard InChI is InChI=1S/C23H28N2O2S/c1-6-7-19-24-21-20(22(27)25(19)13-12-15(2)26)18(14-28-21)16-8-10-17(11-9-16)23(3,4)5/h8-11,14H,6-7,12-13H2,1-5H3. The number of carbonyl (C=O) groups is 1. The molecule has 0 spiro atoms. The highest BCUT2D eigenvalue weighted by Crippen LogP contribution is 2.33. The van der Waals surface area contributed by atoms with Crippen molar-refractivity contribution in [3.63, 3.8) is 0 Å². The summed E-state index contributed by atoms with van der Waals surface area (Å²) in [5.41, 5.74) is 3.27. The third kappa shape index (κ3) is 4.09. The van der Waals surface area contributed by atoms with E-state index in [4.69, 9.17) is 4.98 Å². The number of carbonyl (C=O) groups excluding carboxylic acids is 1. The van der Waals surface area contributed by atoms with Crippen molar-refractivity contribution in [1.82, 2.24) is 9.55 Å².